The highest BCUT2D eigenvalue weighted by molar-refractivity contribution is 5.97. The monoisotopic (exact) mass is 674 g/mol. The number of nitro groups is 4. The third-order valence-corrected chi connectivity index (χ3v) is 11.9. The van der Waals surface area contributed by atoms with Gasteiger partial charge in [0.1, 0.15) is 11.4 Å². The second-order valence-corrected chi connectivity index (χ2v) is 14.2. The van der Waals surface area contributed by atoms with E-state index in [2.05, 4.69) is 41.0 Å². The maximum absolute atomic E-state index is 11.6. The fourth-order valence-electron chi connectivity index (χ4n) is 9.46. The number of anilines is 2. The zero-order valence-electron chi connectivity index (χ0n) is 27.5. The second kappa shape index (κ2) is 12.6. The average molecular weight is 675 g/mol. The van der Waals surface area contributed by atoms with Crippen molar-refractivity contribution in [3.63, 3.8) is 0 Å². The summed E-state index contributed by atoms with van der Waals surface area (Å²) in [5.41, 5.74) is 7.37. The molecule has 4 aliphatic rings. The zero-order valence-corrected chi connectivity index (χ0v) is 27.5. The molecule has 2 aromatic rings. The number of benzene rings is 2. The first-order valence-electron chi connectivity index (χ1n) is 16.4. The number of allylic oxidation sites excluding steroid dienone is 2. The Hall–Kier alpha value is -5.28. The van der Waals surface area contributed by atoms with Crippen LogP contribution in [0.3, 0.4) is 0 Å². The third-order valence-electron chi connectivity index (χ3n) is 11.9. The molecule has 0 aromatic heterocycles. The number of hydrogen-bond acceptors (Lipinski definition) is 12. The molecule has 0 unspecified atom stereocenters. The molecule has 0 spiro atoms. The quantitative estimate of drug-likeness (QED) is 0.147. The Labute approximate surface area is 281 Å². The highest BCUT2D eigenvalue weighted by Gasteiger charge is 2.59. The van der Waals surface area contributed by atoms with Gasteiger partial charge in [0.25, 0.3) is 11.4 Å². The van der Waals surface area contributed by atoms with Gasteiger partial charge in [-0.1, -0.05) is 19.4 Å². The Morgan fingerprint density at radius 3 is 1.96 bits per heavy atom. The number of hydrogen-bond donors (Lipinski definition) is 2. The number of fused-ring (bicyclic) bond motifs is 5. The van der Waals surface area contributed by atoms with Gasteiger partial charge in [-0.3, -0.25) is 51.3 Å². The molecule has 4 aliphatic carbocycles. The van der Waals surface area contributed by atoms with Gasteiger partial charge in [-0.15, -0.1) is 0 Å². The van der Waals surface area contributed by atoms with Gasteiger partial charge in [-0.2, -0.15) is 10.2 Å². The van der Waals surface area contributed by atoms with Gasteiger partial charge in [0.05, 0.1) is 37.5 Å². The molecule has 0 radical (unpaired) electrons. The molecule has 0 bridgehead atoms. The third kappa shape index (κ3) is 5.99. The van der Waals surface area contributed by atoms with E-state index in [9.17, 15) is 40.5 Å². The molecule has 2 aromatic carbocycles. The number of hydrazone groups is 2. The van der Waals surface area contributed by atoms with E-state index >= 15 is 0 Å². The van der Waals surface area contributed by atoms with Gasteiger partial charge in [-0.25, -0.2) is 0 Å². The van der Waals surface area contributed by atoms with Gasteiger partial charge in [0.15, 0.2) is 0 Å². The minimum Gasteiger partial charge on any atom is -0.272 e. The molecule has 16 nitrogen and oxygen atoms in total. The summed E-state index contributed by atoms with van der Waals surface area (Å²) < 4.78 is 0. The maximum atomic E-state index is 11.6. The molecular formula is C33H38N8O8. The number of nitro benzene ring substituents is 4. The molecule has 0 amide bonds. The summed E-state index contributed by atoms with van der Waals surface area (Å²) in [5, 5.41) is 54.5. The minimum atomic E-state index is -0.669. The van der Waals surface area contributed by atoms with Crippen LogP contribution < -0.4 is 10.9 Å². The Kier molecular flexibility index (Phi) is 8.67. The largest absolute Gasteiger partial charge is 0.301 e. The van der Waals surface area contributed by atoms with Crippen LogP contribution >= 0.6 is 0 Å². The van der Waals surface area contributed by atoms with Gasteiger partial charge >= 0.3 is 11.4 Å². The van der Waals surface area contributed by atoms with Gasteiger partial charge < -0.3 is 0 Å². The zero-order chi connectivity index (χ0) is 35.2. The van der Waals surface area contributed by atoms with Crippen molar-refractivity contribution in [2.45, 2.75) is 72.1 Å². The normalized spacial score (nSPS) is 30.0. The fraction of sp³-hybridized carbons (Fsp3) is 0.515. The van der Waals surface area contributed by atoms with Crippen LogP contribution in [0.25, 0.3) is 0 Å². The minimum absolute atomic E-state index is 0.0141. The van der Waals surface area contributed by atoms with Crippen molar-refractivity contribution in [2.24, 2.45) is 44.7 Å². The van der Waals surface area contributed by atoms with E-state index in [0.29, 0.717) is 24.2 Å². The van der Waals surface area contributed by atoms with Crippen LogP contribution in [0, 0.1) is 75.0 Å². The average Bonchev–Trinajstić information content (AvgIpc) is 3.43. The SMILES string of the molecule is CC(=NNc1ccc([N+](=O)[O-])cc1[N+](=O)[O-])[C@H]1CC[C@H]2[C@@H]3CCC4=CC(=NNc5ccc([N+](=O)[O-])cc5[N+](=O)[O-])CC[C@]4(C)[C@H]3CC[C@]12C. The molecule has 6 rings (SSSR count). The van der Waals surface area contributed by atoms with Crippen LogP contribution in [-0.4, -0.2) is 31.1 Å². The molecule has 3 fully saturated rings. The summed E-state index contributed by atoms with van der Waals surface area (Å²) in [5.74, 6) is 1.76. The Balaban J connectivity index is 1.16. The van der Waals surface area contributed by atoms with Crippen LogP contribution in [-0.2, 0) is 0 Å². The van der Waals surface area contributed by atoms with E-state index < -0.39 is 31.1 Å². The van der Waals surface area contributed by atoms with Gasteiger partial charge in [-0.05, 0) is 105 Å². The summed E-state index contributed by atoms with van der Waals surface area (Å²) in [6.07, 6.45) is 9.88. The van der Waals surface area contributed by atoms with Crippen molar-refractivity contribution in [1.82, 2.24) is 0 Å². The molecule has 3 saturated carbocycles. The molecule has 2 N–H and O–H groups in total. The fourth-order valence-corrected chi connectivity index (χ4v) is 9.46. The van der Waals surface area contributed by atoms with Crippen molar-refractivity contribution >= 4 is 45.5 Å². The van der Waals surface area contributed by atoms with Crippen molar-refractivity contribution in [1.29, 1.82) is 0 Å². The molecule has 6 atom stereocenters. The first kappa shape index (κ1) is 33.6. The second-order valence-electron chi connectivity index (χ2n) is 14.2. The van der Waals surface area contributed by atoms with Crippen molar-refractivity contribution in [3.8, 4) is 0 Å². The smallest absolute Gasteiger partial charge is 0.272 e. The van der Waals surface area contributed by atoms with Crippen LogP contribution in [0.15, 0.2) is 58.3 Å². The number of nitrogens with zero attached hydrogens (tertiary/aromatic N) is 6. The summed E-state index contributed by atoms with van der Waals surface area (Å²) in [6, 6.07) is 6.94. The topological polar surface area (TPSA) is 221 Å². The molecule has 0 saturated heterocycles. The van der Waals surface area contributed by atoms with Crippen LogP contribution in [0.1, 0.15) is 72.1 Å². The summed E-state index contributed by atoms with van der Waals surface area (Å²) in [4.78, 5) is 42.7. The summed E-state index contributed by atoms with van der Waals surface area (Å²) in [6.45, 7) is 6.68. The van der Waals surface area contributed by atoms with E-state index in [-0.39, 0.29) is 39.5 Å². The molecular weight excluding hydrogens is 636 g/mol. The highest BCUT2D eigenvalue weighted by atomic mass is 16.6. The van der Waals surface area contributed by atoms with Gasteiger partial charge in [0, 0.05) is 23.8 Å². The van der Waals surface area contributed by atoms with E-state index in [1.807, 2.05) is 6.92 Å². The molecule has 258 valence electrons. The first-order valence-corrected chi connectivity index (χ1v) is 16.4. The molecule has 16 heteroatoms. The lowest BCUT2D eigenvalue weighted by Gasteiger charge is -2.58. The Bertz CT molecular complexity index is 1840. The van der Waals surface area contributed by atoms with Crippen LogP contribution in [0.2, 0.25) is 0 Å². The standard InChI is InChI=1S/C33H38N8O8/c1-19(34-36-28-10-5-22(38(42)43)17-30(28)40(46)47)25-8-9-26-24-7-4-20-16-21(12-14-32(20,2)27(24)13-15-33(25,26)3)35-37-29-11-6-23(39(44)45)18-31(29)41(48)49/h5-6,10-11,16-18,24-27,36-37H,4,7-9,12-15H2,1-3H3/t24-,25+,26-,27-,32-,33+/m0/s1. The molecule has 0 heterocycles. The van der Waals surface area contributed by atoms with Crippen molar-refractivity contribution in [2.75, 3.05) is 10.9 Å². The number of nitrogens with one attached hydrogen (secondary N) is 2. The highest BCUT2D eigenvalue weighted by Crippen LogP contribution is 2.66. The number of non-ortho nitro benzene ring substituents is 2. The summed E-state index contributed by atoms with van der Waals surface area (Å²) in [7, 11) is 0. The van der Waals surface area contributed by atoms with E-state index in [1.54, 1.807) is 0 Å². The first-order chi connectivity index (χ1) is 23.2. The van der Waals surface area contributed by atoms with E-state index in [4.69, 9.17) is 0 Å². The van der Waals surface area contributed by atoms with E-state index in [0.717, 1.165) is 68.5 Å². The van der Waals surface area contributed by atoms with E-state index in [1.165, 1.54) is 29.8 Å². The van der Waals surface area contributed by atoms with Crippen LogP contribution in [0.5, 0.6) is 0 Å². The Morgan fingerprint density at radius 1 is 0.755 bits per heavy atom. The molecule has 0 aliphatic heterocycles. The lowest BCUT2D eigenvalue weighted by atomic mass is 9.46. The predicted octanol–water partition coefficient (Wildman–Crippen LogP) is 8.15. The lowest BCUT2D eigenvalue weighted by molar-refractivity contribution is -0.393. The predicted molar refractivity (Wildman–Crippen MR) is 182 cm³/mol. The summed E-state index contributed by atoms with van der Waals surface area (Å²) >= 11 is 0. The van der Waals surface area contributed by atoms with Crippen molar-refractivity contribution < 1.29 is 19.7 Å². The van der Waals surface area contributed by atoms with Crippen LogP contribution in [0.4, 0.5) is 34.1 Å². The maximum Gasteiger partial charge on any atom is 0.301 e. The lowest BCUT2D eigenvalue weighted by Crippen LogP contribution is -2.51. The number of rotatable bonds is 9. The Morgan fingerprint density at radius 2 is 1.37 bits per heavy atom. The van der Waals surface area contributed by atoms with Gasteiger partial charge in [0.2, 0.25) is 0 Å². The molecule has 49 heavy (non-hydrogen) atoms. The van der Waals surface area contributed by atoms with Crippen molar-refractivity contribution in [3.05, 3.63) is 88.5 Å².